The van der Waals surface area contributed by atoms with Crippen LogP contribution >= 0.6 is 31.9 Å². The molecule has 1 aromatic heterocycles. The van der Waals surface area contributed by atoms with Crippen molar-refractivity contribution in [3.05, 3.63) is 27.5 Å². The second-order valence-electron chi connectivity index (χ2n) is 2.53. The summed E-state index contributed by atoms with van der Waals surface area (Å²) in [5, 5.41) is 0.554. The number of pyridine rings is 1. The van der Waals surface area contributed by atoms with Gasteiger partial charge in [-0.1, -0.05) is 15.9 Å². The fourth-order valence-electron chi connectivity index (χ4n) is 0.957. The highest BCUT2D eigenvalue weighted by molar-refractivity contribution is 9.10. The zero-order valence-corrected chi connectivity index (χ0v) is 9.99. The third-order valence-corrected chi connectivity index (χ3v) is 3.32. The molecule has 5 heteroatoms. The minimum absolute atomic E-state index is 0.0171. The van der Waals surface area contributed by atoms with Gasteiger partial charge in [0.25, 0.3) is 6.43 Å². The Morgan fingerprint density at radius 3 is 2.62 bits per heavy atom. The van der Waals surface area contributed by atoms with Crippen molar-refractivity contribution in [3.8, 4) is 0 Å². The Bertz CT molecular complexity index is 315. The fourth-order valence-corrected chi connectivity index (χ4v) is 2.23. The van der Waals surface area contributed by atoms with E-state index < -0.39 is 6.43 Å². The van der Waals surface area contributed by atoms with Crippen LogP contribution in [0.5, 0.6) is 0 Å². The van der Waals surface area contributed by atoms with Crippen LogP contribution in [0.3, 0.4) is 0 Å². The highest BCUT2D eigenvalue weighted by atomic mass is 79.9. The summed E-state index contributed by atoms with van der Waals surface area (Å²) in [5.74, 6) is 0. The smallest absolute Gasteiger partial charge is 0.259 e. The van der Waals surface area contributed by atoms with Crippen molar-refractivity contribution in [3.63, 3.8) is 0 Å². The number of hydrogen-bond donors (Lipinski definition) is 0. The van der Waals surface area contributed by atoms with Crippen LogP contribution in [0.4, 0.5) is 8.78 Å². The van der Waals surface area contributed by atoms with Crippen LogP contribution in [0.15, 0.2) is 10.7 Å². The van der Waals surface area contributed by atoms with Crippen molar-refractivity contribution >= 4 is 31.9 Å². The lowest BCUT2D eigenvalue weighted by Crippen LogP contribution is -1.97. The van der Waals surface area contributed by atoms with Crippen molar-refractivity contribution in [2.45, 2.75) is 18.7 Å². The van der Waals surface area contributed by atoms with Crippen molar-refractivity contribution in [2.75, 3.05) is 0 Å². The van der Waals surface area contributed by atoms with Gasteiger partial charge in [0.05, 0.1) is 5.69 Å². The maximum Gasteiger partial charge on any atom is 0.265 e. The molecule has 0 saturated carbocycles. The van der Waals surface area contributed by atoms with E-state index in [2.05, 4.69) is 36.8 Å². The maximum absolute atomic E-state index is 12.4. The molecule has 0 aliphatic carbocycles. The molecule has 0 unspecified atom stereocenters. The van der Waals surface area contributed by atoms with Crippen LogP contribution in [-0.4, -0.2) is 4.98 Å². The lowest BCUT2D eigenvalue weighted by atomic mass is 10.1. The summed E-state index contributed by atoms with van der Waals surface area (Å²) in [6.45, 7) is 1.65. The van der Waals surface area contributed by atoms with Gasteiger partial charge in [-0.3, -0.25) is 4.98 Å². The lowest BCUT2D eigenvalue weighted by molar-refractivity contribution is 0.150. The largest absolute Gasteiger partial charge is 0.265 e. The van der Waals surface area contributed by atoms with Crippen LogP contribution in [0.1, 0.15) is 23.2 Å². The first kappa shape index (κ1) is 11.0. The summed E-state index contributed by atoms with van der Waals surface area (Å²) in [5.41, 5.74) is 1.28. The summed E-state index contributed by atoms with van der Waals surface area (Å²) in [4.78, 5) is 3.91. The summed E-state index contributed by atoms with van der Waals surface area (Å²) in [7, 11) is 0. The van der Waals surface area contributed by atoms with E-state index in [1.165, 1.54) is 6.20 Å². The molecule has 0 radical (unpaired) electrons. The van der Waals surface area contributed by atoms with E-state index >= 15 is 0 Å². The maximum atomic E-state index is 12.4. The second kappa shape index (κ2) is 4.46. The fraction of sp³-hybridized carbons (Fsp3) is 0.375. The van der Waals surface area contributed by atoms with Crippen LogP contribution in [0, 0.1) is 6.92 Å². The van der Waals surface area contributed by atoms with Crippen LogP contribution in [-0.2, 0) is 5.33 Å². The topological polar surface area (TPSA) is 12.9 Å². The Balaban J connectivity index is 3.23. The molecule has 0 aromatic carbocycles. The average Bonchev–Trinajstić information content (AvgIpc) is 2.09. The summed E-state index contributed by atoms with van der Waals surface area (Å²) >= 11 is 6.46. The normalized spacial score (nSPS) is 10.9. The Morgan fingerprint density at radius 1 is 1.54 bits per heavy atom. The molecule has 0 aliphatic rings. The molecule has 1 aromatic rings. The molecule has 72 valence electrons. The lowest BCUT2D eigenvalue weighted by Gasteiger charge is -2.08. The van der Waals surface area contributed by atoms with E-state index in [-0.39, 0.29) is 5.56 Å². The Kier molecular flexibility index (Phi) is 3.79. The van der Waals surface area contributed by atoms with Crippen molar-refractivity contribution in [1.29, 1.82) is 0 Å². The number of hydrogen-bond acceptors (Lipinski definition) is 1. The number of alkyl halides is 3. The molecular formula is C8H7Br2F2N. The molecular weight excluding hydrogens is 308 g/mol. The van der Waals surface area contributed by atoms with Gasteiger partial charge in [-0.15, -0.1) is 0 Å². The van der Waals surface area contributed by atoms with Crippen molar-refractivity contribution < 1.29 is 8.78 Å². The number of halogens is 4. The van der Waals surface area contributed by atoms with Gasteiger partial charge in [0, 0.05) is 21.6 Å². The van der Waals surface area contributed by atoms with E-state index in [1.807, 2.05) is 0 Å². The molecule has 0 aliphatic heterocycles. The Labute approximate surface area is 91.8 Å². The molecule has 1 heterocycles. The van der Waals surface area contributed by atoms with Crippen molar-refractivity contribution in [2.24, 2.45) is 0 Å². The quantitative estimate of drug-likeness (QED) is 0.752. The van der Waals surface area contributed by atoms with E-state index in [0.717, 1.165) is 5.69 Å². The Hall–Kier alpha value is -0.0300. The summed E-state index contributed by atoms with van der Waals surface area (Å²) in [6, 6.07) is 0. The molecule has 0 spiro atoms. The van der Waals surface area contributed by atoms with Gasteiger partial charge < -0.3 is 0 Å². The van der Waals surface area contributed by atoms with E-state index in [0.29, 0.717) is 15.4 Å². The van der Waals surface area contributed by atoms with Crippen LogP contribution in [0.25, 0.3) is 0 Å². The third kappa shape index (κ3) is 2.26. The number of rotatable bonds is 2. The van der Waals surface area contributed by atoms with Crippen molar-refractivity contribution in [1.82, 2.24) is 4.98 Å². The summed E-state index contributed by atoms with van der Waals surface area (Å²) in [6.07, 6.45) is -1.24. The molecule has 0 saturated heterocycles. The summed E-state index contributed by atoms with van der Waals surface area (Å²) < 4.78 is 25.4. The van der Waals surface area contributed by atoms with E-state index in [9.17, 15) is 8.78 Å². The van der Waals surface area contributed by atoms with Crippen LogP contribution < -0.4 is 0 Å². The molecule has 1 rings (SSSR count). The minimum atomic E-state index is -2.46. The average molecular weight is 315 g/mol. The Morgan fingerprint density at radius 2 is 2.15 bits per heavy atom. The van der Waals surface area contributed by atoms with E-state index in [4.69, 9.17) is 0 Å². The first-order valence-electron chi connectivity index (χ1n) is 3.56. The third-order valence-electron chi connectivity index (χ3n) is 1.74. The van der Waals surface area contributed by atoms with Gasteiger partial charge in [0.1, 0.15) is 0 Å². The molecule has 0 fully saturated rings. The zero-order valence-electron chi connectivity index (χ0n) is 6.82. The van der Waals surface area contributed by atoms with E-state index in [1.54, 1.807) is 6.92 Å². The SMILES string of the molecule is Cc1c(C(F)F)cnc(CBr)c1Br. The number of aromatic nitrogens is 1. The molecule has 0 atom stereocenters. The molecule has 0 amide bonds. The first-order valence-corrected chi connectivity index (χ1v) is 5.47. The van der Waals surface area contributed by atoms with Gasteiger partial charge in [-0.05, 0) is 28.4 Å². The highest BCUT2D eigenvalue weighted by Crippen LogP contribution is 2.29. The molecule has 13 heavy (non-hydrogen) atoms. The zero-order chi connectivity index (χ0) is 10.0. The van der Waals surface area contributed by atoms with Gasteiger partial charge in [-0.25, -0.2) is 8.78 Å². The van der Waals surface area contributed by atoms with Gasteiger partial charge in [0.15, 0.2) is 0 Å². The van der Waals surface area contributed by atoms with Gasteiger partial charge in [-0.2, -0.15) is 0 Å². The molecule has 0 bridgehead atoms. The predicted octanol–water partition coefficient (Wildman–Crippen LogP) is 3.99. The van der Waals surface area contributed by atoms with Gasteiger partial charge in [0.2, 0.25) is 0 Å². The number of nitrogens with zero attached hydrogens (tertiary/aromatic N) is 1. The monoisotopic (exact) mass is 313 g/mol. The highest BCUT2D eigenvalue weighted by Gasteiger charge is 2.15. The van der Waals surface area contributed by atoms with Crippen LogP contribution in [0.2, 0.25) is 0 Å². The first-order chi connectivity index (χ1) is 6.07. The molecule has 1 nitrogen and oxygen atoms in total. The minimum Gasteiger partial charge on any atom is -0.259 e. The second-order valence-corrected chi connectivity index (χ2v) is 3.89. The molecule has 0 N–H and O–H groups in total. The van der Waals surface area contributed by atoms with Gasteiger partial charge >= 0.3 is 0 Å². The predicted molar refractivity (Wildman–Crippen MR) is 54.3 cm³/mol. The standard InChI is InChI=1S/C8H7Br2F2N/c1-4-5(8(11)12)3-13-6(2-9)7(4)10/h3,8H,2H2,1H3.